The molecule has 3 aliphatic rings. The van der Waals surface area contributed by atoms with Crippen LogP contribution >= 0.6 is 0 Å². The molecule has 0 aliphatic heterocycles. The number of halogens is 2. The van der Waals surface area contributed by atoms with Crippen molar-refractivity contribution in [2.24, 2.45) is 29.6 Å². The van der Waals surface area contributed by atoms with Gasteiger partial charge in [-0.15, -0.1) is 0 Å². The molecule has 3 fully saturated rings. The zero-order valence-corrected chi connectivity index (χ0v) is 14.3. The Kier molecular flexibility index (Phi) is 5.45. The van der Waals surface area contributed by atoms with E-state index in [1.807, 2.05) is 0 Å². The maximum Gasteiger partial charge on any atom is 0.251 e. The van der Waals surface area contributed by atoms with Crippen LogP contribution in [0.3, 0.4) is 0 Å². The van der Waals surface area contributed by atoms with Crippen molar-refractivity contribution in [2.45, 2.75) is 96.3 Å². The van der Waals surface area contributed by atoms with Crippen LogP contribution in [0.1, 0.15) is 90.4 Å². The SMILES string of the molecule is CCCCCC1CCC(C2CCC(C3CC3)CC2)C(F)(F)C1. The summed E-state index contributed by atoms with van der Waals surface area (Å²) in [6.07, 6.45) is 14.1. The molecule has 2 unspecified atom stereocenters. The largest absolute Gasteiger partial charge is 0.251 e. The Labute approximate surface area is 135 Å². The predicted octanol–water partition coefficient (Wildman–Crippen LogP) is 6.83. The van der Waals surface area contributed by atoms with Crippen molar-refractivity contribution in [3.8, 4) is 0 Å². The summed E-state index contributed by atoms with van der Waals surface area (Å²) < 4.78 is 29.4. The number of hydrogen-bond acceptors (Lipinski definition) is 0. The molecule has 3 aliphatic carbocycles. The molecular formula is C20H34F2. The first-order valence-corrected chi connectivity index (χ1v) is 9.98. The fraction of sp³-hybridized carbons (Fsp3) is 1.00. The van der Waals surface area contributed by atoms with Gasteiger partial charge >= 0.3 is 0 Å². The van der Waals surface area contributed by atoms with Crippen molar-refractivity contribution >= 4 is 0 Å². The molecule has 0 bridgehead atoms. The number of unbranched alkanes of at least 4 members (excludes halogenated alkanes) is 2. The van der Waals surface area contributed by atoms with E-state index in [4.69, 9.17) is 0 Å². The van der Waals surface area contributed by atoms with Crippen LogP contribution in [0.25, 0.3) is 0 Å². The van der Waals surface area contributed by atoms with Gasteiger partial charge in [0.1, 0.15) is 0 Å². The molecule has 0 radical (unpaired) electrons. The molecule has 0 spiro atoms. The highest BCUT2D eigenvalue weighted by atomic mass is 19.3. The summed E-state index contributed by atoms with van der Waals surface area (Å²) in [5, 5.41) is 0. The van der Waals surface area contributed by atoms with Crippen molar-refractivity contribution in [1.29, 1.82) is 0 Å². The Balaban J connectivity index is 1.47. The molecule has 0 saturated heterocycles. The van der Waals surface area contributed by atoms with Crippen LogP contribution in [-0.2, 0) is 0 Å². The van der Waals surface area contributed by atoms with E-state index in [0.717, 1.165) is 50.4 Å². The second-order valence-corrected chi connectivity index (χ2v) is 8.52. The zero-order valence-electron chi connectivity index (χ0n) is 14.3. The Bertz CT molecular complexity index is 340. The Morgan fingerprint density at radius 2 is 1.36 bits per heavy atom. The molecule has 22 heavy (non-hydrogen) atoms. The summed E-state index contributed by atoms with van der Waals surface area (Å²) in [4.78, 5) is 0. The van der Waals surface area contributed by atoms with Gasteiger partial charge in [-0.3, -0.25) is 0 Å². The van der Waals surface area contributed by atoms with Crippen molar-refractivity contribution in [2.75, 3.05) is 0 Å². The van der Waals surface area contributed by atoms with Crippen molar-refractivity contribution in [1.82, 2.24) is 0 Å². The molecule has 0 aromatic carbocycles. The summed E-state index contributed by atoms with van der Waals surface area (Å²) in [6.45, 7) is 2.18. The van der Waals surface area contributed by atoms with Gasteiger partial charge in [0.05, 0.1) is 0 Å². The maximum absolute atomic E-state index is 14.7. The lowest BCUT2D eigenvalue weighted by molar-refractivity contribution is -0.128. The van der Waals surface area contributed by atoms with E-state index in [1.54, 1.807) is 0 Å². The molecule has 0 heterocycles. The van der Waals surface area contributed by atoms with Crippen LogP contribution in [0, 0.1) is 29.6 Å². The minimum atomic E-state index is -2.38. The standard InChI is InChI=1S/C20H34F2/c1-2-3-4-5-15-6-13-19(20(21,22)14-15)18-11-9-17(10-12-18)16-7-8-16/h15-19H,2-14H2,1H3. The Morgan fingerprint density at radius 1 is 0.773 bits per heavy atom. The fourth-order valence-corrected chi connectivity index (χ4v) is 5.36. The molecule has 0 aromatic heterocycles. The van der Waals surface area contributed by atoms with Gasteiger partial charge in [-0.2, -0.15) is 0 Å². The van der Waals surface area contributed by atoms with Gasteiger partial charge in [0.2, 0.25) is 0 Å². The van der Waals surface area contributed by atoms with Gasteiger partial charge in [-0.1, -0.05) is 32.6 Å². The Morgan fingerprint density at radius 3 is 1.91 bits per heavy atom. The van der Waals surface area contributed by atoms with Gasteiger partial charge in [-0.05, 0) is 75.0 Å². The number of hydrogen-bond donors (Lipinski definition) is 0. The van der Waals surface area contributed by atoms with Gasteiger partial charge in [0, 0.05) is 12.3 Å². The van der Waals surface area contributed by atoms with Crippen LogP contribution in [0.4, 0.5) is 8.78 Å². The fourth-order valence-electron chi connectivity index (χ4n) is 5.36. The summed E-state index contributed by atoms with van der Waals surface area (Å²) in [6, 6.07) is 0. The molecule has 128 valence electrons. The van der Waals surface area contributed by atoms with E-state index in [2.05, 4.69) is 6.92 Å². The molecule has 3 saturated carbocycles. The topological polar surface area (TPSA) is 0 Å². The van der Waals surface area contributed by atoms with E-state index < -0.39 is 5.92 Å². The summed E-state index contributed by atoms with van der Waals surface area (Å²) in [5.74, 6) is -0.213. The summed E-state index contributed by atoms with van der Waals surface area (Å²) in [7, 11) is 0. The van der Waals surface area contributed by atoms with Crippen molar-refractivity contribution < 1.29 is 8.78 Å². The van der Waals surface area contributed by atoms with Gasteiger partial charge in [0.15, 0.2) is 0 Å². The first-order valence-electron chi connectivity index (χ1n) is 9.98. The predicted molar refractivity (Wildman–Crippen MR) is 88.1 cm³/mol. The minimum absolute atomic E-state index is 0.184. The Hall–Kier alpha value is -0.140. The number of alkyl halides is 2. The molecular weight excluding hydrogens is 278 g/mol. The second-order valence-electron chi connectivity index (χ2n) is 8.52. The van der Waals surface area contributed by atoms with E-state index in [9.17, 15) is 8.78 Å². The van der Waals surface area contributed by atoms with Gasteiger partial charge in [0.25, 0.3) is 5.92 Å². The number of rotatable bonds is 6. The quantitative estimate of drug-likeness (QED) is 0.471. The third-order valence-electron chi connectivity index (χ3n) is 6.88. The minimum Gasteiger partial charge on any atom is -0.207 e. The lowest BCUT2D eigenvalue weighted by Gasteiger charge is -2.42. The third kappa shape index (κ3) is 4.03. The molecule has 0 N–H and O–H groups in total. The highest BCUT2D eigenvalue weighted by Gasteiger charge is 2.49. The molecule has 0 amide bonds. The average molecular weight is 312 g/mol. The van der Waals surface area contributed by atoms with Crippen LogP contribution in [0.5, 0.6) is 0 Å². The van der Waals surface area contributed by atoms with Gasteiger partial charge in [-0.25, -0.2) is 8.78 Å². The lowest BCUT2D eigenvalue weighted by atomic mass is 9.66. The zero-order chi connectivity index (χ0) is 15.6. The first kappa shape index (κ1) is 16.7. The van der Waals surface area contributed by atoms with Crippen LogP contribution < -0.4 is 0 Å². The van der Waals surface area contributed by atoms with Crippen LogP contribution in [0.2, 0.25) is 0 Å². The van der Waals surface area contributed by atoms with Crippen LogP contribution in [0.15, 0.2) is 0 Å². The van der Waals surface area contributed by atoms with Crippen molar-refractivity contribution in [3.63, 3.8) is 0 Å². The van der Waals surface area contributed by atoms with Gasteiger partial charge < -0.3 is 0 Å². The van der Waals surface area contributed by atoms with E-state index in [1.165, 1.54) is 38.5 Å². The molecule has 2 atom stereocenters. The lowest BCUT2D eigenvalue weighted by Crippen LogP contribution is -2.41. The first-order chi connectivity index (χ1) is 10.6. The third-order valence-corrected chi connectivity index (χ3v) is 6.88. The molecule has 3 rings (SSSR count). The molecule has 2 heteroatoms. The summed E-state index contributed by atoms with van der Waals surface area (Å²) >= 11 is 0. The smallest absolute Gasteiger partial charge is 0.207 e. The summed E-state index contributed by atoms with van der Waals surface area (Å²) in [5.41, 5.74) is 0. The highest BCUT2D eigenvalue weighted by Crippen LogP contribution is 2.52. The normalized spacial score (nSPS) is 38.9. The molecule has 0 nitrogen and oxygen atoms in total. The van der Waals surface area contributed by atoms with Crippen molar-refractivity contribution in [3.05, 3.63) is 0 Å². The molecule has 0 aromatic rings. The average Bonchev–Trinajstić information content (AvgIpc) is 3.32. The van der Waals surface area contributed by atoms with E-state index in [-0.39, 0.29) is 12.3 Å². The highest BCUT2D eigenvalue weighted by molar-refractivity contribution is 4.93. The second kappa shape index (κ2) is 7.18. The van der Waals surface area contributed by atoms with E-state index >= 15 is 0 Å². The van der Waals surface area contributed by atoms with Crippen LogP contribution in [-0.4, -0.2) is 5.92 Å². The monoisotopic (exact) mass is 312 g/mol. The maximum atomic E-state index is 14.7. The van der Waals surface area contributed by atoms with E-state index in [0.29, 0.717) is 11.8 Å².